The van der Waals surface area contributed by atoms with Crippen molar-refractivity contribution in [2.75, 3.05) is 0 Å². The van der Waals surface area contributed by atoms with E-state index in [4.69, 9.17) is 32.6 Å². The van der Waals surface area contributed by atoms with Gasteiger partial charge in [-0.3, -0.25) is 0 Å². The molecule has 11 rings (SSSR count). The molecule has 4 aliphatic carbocycles. The van der Waals surface area contributed by atoms with Crippen molar-refractivity contribution in [1.29, 1.82) is 0 Å². The molecule has 7 aliphatic rings. The van der Waals surface area contributed by atoms with E-state index in [1.165, 1.54) is 222 Å². The third-order valence-electron chi connectivity index (χ3n) is 22.3. The number of rotatable bonds is 4. The molecule has 0 radical (unpaired) electrons. The summed E-state index contributed by atoms with van der Waals surface area (Å²) in [5.41, 5.74) is 12.2. The maximum atomic E-state index is 6.58. The largest absolute Gasteiger partial charge is 1.00 e. The normalized spacial score (nSPS) is 23.5. The topological polar surface area (TPSA) is 64.6 Å². The van der Waals surface area contributed by atoms with Gasteiger partial charge in [-0.1, -0.05) is 242 Å². The maximum absolute atomic E-state index is 6.58. The number of fused-ring (bicyclic) bond motifs is 10. The van der Waals surface area contributed by atoms with Gasteiger partial charge >= 0.3 is 72.9 Å². The third kappa shape index (κ3) is 17.6. The Labute approximate surface area is 604 Å². The summed E-state index contributed by atoms with van der Waals surface area (Å²) in [7, 11) is -1.24. The summed E-state index contributed by atoms with van der Waals surface area (Å²) >= 11 is 7.56. The molecule has 0 unspecified atom stereocenters. The van der Waals surface area contributed by atoms with E-state index in [1.807, 2.05) is 41.5 Å². The second kappa shape index (κ2) is 32.2. The predicted molar refractivity (Wildman–Crippen MR) is 382 cm³/mol. The molecule has 0 aromatic heterocycles. The zero-order valence-electron chi connectivity index (χ0n) is 58.7. The summed E-state index contributed by atoms with van der Waals surface area (Å²) in [4.78, 5) is 0. The number of halogens is 2. The van der Waals surface area contributed by atoms with Crippen LogP contribution in [0.2, 0.25) is 0 Å². The van der Waals surface area contributed by atoms with Gasteiger partial charge in [-0.25, -0.2) is 0 Å². The van der Waals surface area contributed by atoms with E-state index >= 15 is 0 Å². The monoisotopic (exact) mass is 1370 g/mol. The Morgan fingerprint density at radius 2 is 0.573 bits per heavy atom. The Morgan fingerprint density at radius 3 is 0.831 bits per heavy atom. The van der Waals surface area contributed by atoms with Crippen molar-refractivity contribution in [3.63, 3.8) is 0 Å². The summed E-state index contributed by atoms with van der Waals surface area (Å²) in [5.74, 6) is 0. The summed E-state index contributed by atoms with van der Waals surface area (Å²) in [6.45, 7) is 29.2. The van der Waals surface area contributed by atoms with Crippen molar-refractivity contribution >= 4 is 64.3 Å². The van der Waals surface area contributed by atoms with Crippen molar-refractivity contribution < 1.29 is 85.4 Å². The van der Waals surface area contributed by atoms with E-state index in [2.05, 4.69) is 160 Å². The molecule has 0 N–H and O–H groups in total. The Kier molecular flexibility index (Phi) is 27.4. The van der Waals surface area contributed by atoms with Crippen molar-refractivity contribution in [3.8, 4) is 22.3 Å². The van der Waals surface area contributed by atoms with Gasteiger partial charge in [0.25, 0.3) is 0 Å². The minimum atomic E-state index is -0.523. The molecule has 0 bridgehead atoms. The fourth-order valence-electron chi connectivity index (χ4n) is 14.9. The minimum Gasteiger partial charge on any atom is -1.00 e. The number of hydrogen-bond acceptors (Lipinski definition) is 7. The zero-order valence-corrected chi connectivity index (χ0v) is 63.9. The van der Waals surface area contributed by atoms with E-state index in [9.17, 15) is 0 Å². The quantitative estimate of drug-likeness (QED) is 0.189. The average molecular weight is 1370 g/mol. The van der Waals surface area contributed by atoms with Crippen molar-refractivity contribution in [1.82, 2.24) is 0 Å². The van der Waals surface area contributed by atoms with E-state index < -0.39 is 7.32 Å². The van der Waals surface area contributed by atoms with Crippen LogP contribution >= 0.6 is 31.9 Å². The fourth-order valence-corrected chi connectivity index (χ4v) is 15.6. The number of benzene rings is 4. The first kappa shape index (κ1) is 75.8. The van der Waals surface area contributed by atoms with Crippen LogP contribution in [0.15, 0.2) is 81.7 Å². The first-order chi connectivity index (χ1) is 41.2. The van der Waals surface area contributed by atoms with Crippen LogP contribution in [-0.4, -0.2) is 61.3 Å². The molecule has 3 aliphatic heterocycles. The van der Waals surface area contributed by atoms with Gasteiger partial charge in [0.1, 0.15) is 0 Å². The van der Waals surface area contributed by atoms with E-state index in [0.717, 1.165) is 10.9 Å². The molecule has 4 aromatic rings. The van der Waals surface area contributed by atoms with Crippen LogP contribution in [0.1, 0.15) is 308 Å². The van der Waals surface area contributed by atoms with Gasteiger partial charge in [0.2, 0.25) is 0 Å². The van der Waals surface area contributed by atoms with Crippen LogP contribution in [0.3, 0.4) is 0 Å². The summed E-state index contributed by atoms with van der Waals surface area (Å²) in [6, 6.07) is 28.1. The molecule has 13 heteroatoms. The molecule has 2 spiro atoms. The molecule has 7 nitrogen and oxygen atoms in total. The molecule has 2 saturated carbocycles. The van der Waals surface area contributed by atoms with Crippen molar-refractivity contribution in [2.24, 2.45) is 0 Å². The zero-order chi connectivity index (χ0) is 62.5. The Bertz CT molecular complexity index is 2710. The van der Waals surface area contributed by atoms with Gasteiger partial charge in [0, 0.05) is 25.9 Å². The van der Waals surface area contributed by atoms with E-state index in [1.54, 1.807) is 11.1 Å². The molecule has 5 fully saturated rings. The van der Waals surface area contributed by atoms with Gasteiger partial charge in [-0.15, -0.1) is 0 Å². The van der Waals surface area contributed by atoms with E-state index in [0.29, 0.717) is 0 Å². The fraction of sp³-hybridized carbons (Fsp3) is 0.684. The molecular weight excluding hydrogens is 1260 g/mol. The first-order valence-corrected chi connectivity index (χ1v) is 36.4. The summed E-state index contributed by atoms with van der Waals surface area (Å²) < 4.78 is 45.5. The van der Waals surface area contributed by atoms with Crippen LogP contribution < -0.4 is 62.3 Å². The van der Waals surface area contributed by atoms with Crippen LogP contribution in [0.4, 0.5) is 0 Å². The first-order valence-electron chi connectivity index (χ1n) is 34.8. The maximum Gasteiger partial charge on any atom is 1.00 e. The van der Waals surface area contributed by atoms with Crippen LogP contribution in [0.25, 0.3) is 22.3 Å². The smallest absolute Gasteiger partial charge is 1.00 e. The Balaban J connectivity index is 0.000000245. The van der Waals surface area contributed by atoms with E-state index in [-0.39, 0.29) is 125 Å². The van der Waals surface area contributed by atoms with Crippen molar-refractivity contribution in [3.05, 3.63) is 104 Å². The molecular formula is C76H116B3Br2KO7. The van der Waals surface area contributed by atoms with Gasteiger partial charge in [-0.05, 0) is 202 Å². The second-order valence-corrected chi connectivity index (χ2v) is 32.4. The van der Waals surface area contributed by atoms with Crippen LogP contribution in [0, 0.1) is 0 Å². The van der Waals surface area contributed by atoms with Crippen LogP contribution in [-0.2, 0) is 43.4 Å². The molecule has 0 atom stereocenters. The standard InChI is InChI=1S/C39H58B2O4.C27H34Br2.C9H19BO3.CH4.K.H/c1-35(2)36(3,4)43-40(42-35)29-21-23-31-32-24-22-30(41-44-37(5,6)38(7,8)45-41)28-34(32)39(33(31)27-29)25-19-17-15-13-11-9-10-12-14-16-18-20-26-39;28-21-13-15-23-24-16-14-22(29)20-26(24)27(25(23)19-21)17-11-9-7-5-3-1-2-4-6-8-10-12-18-27;1-7(2)11-10-12-8(3,4)9(5,6)13-10;;;/h21-24,27-28H,9-20,25-26H2,1-8H3;13-16,19-20H,1-12,17-18H2;7H,1-6H3;1H4;;/q;;;;+1;-1. The second-order valence-electron chi connectivity index (χ2n) is 30.5. The van der Waals surface area contributed by atoms with Gasteiger partial charge in [0.05, 0.1) is 33.6 Å². The van der Waals surface area contributed by atoms with Gasteiger partial charge in [-0.2, -0.15) is 0 Å². The molecule has 486 valence electrons. The molecule has 3 saturated heterocycles. The van der Waals surface area contributed by atoms with Crippen molar-refractivity contribution in [2.45, 2.75) is 335 Å². The number of hydrogen-bond donors (Lipinski definition) is 0. The molecule has 3 heterocycles. The predicted octanol–water partition coefficient (Wildman–Crippen LogP) is 18.7. The summed E-state index contributed by atoms with van der Waals surface area (Å²) in [6.07, 6.45) is 38.1. The Morgan fingerprint density at radius 1 is 0.348 bits per heavy atom. The van der Waals surface area contributed by atoms with Gasteiger partial charge < -0.3 is 34.0 Å². The van der Waals surface area contributed by atoms with Gasteiger partial charge in [0.15, 0.2) is 0 Å². The van der Waals surface area contributed by atoms with Crippen LogP contribution in [0.5, 0.6) is 0 Å². The average Bonchev–Trinajstić information content (AvgIpc) is 1.62. The Hall–Kier alpha value is -0.609. The minimum absolute atomic E-state index is 0. The molecule has 89 heavy (non-hydrogen) atoms. The molecule has 0 amide bonds. The third-order valence-corrected chi connectivity index (χ3v) is 23.3. The SMILES string of the molecule is Brc1ccc2c(c1)C1(CCCCCCCCCCCCCC1)c1cc(Br)ccc1-2.C.CC(C)OB1OC(C)(C)C(C)(C)O1.CC1(C)OB(c2ccc3c(c2)C2(CCCCCCCCCCCCCC2)c2cc(B4OC(C)(C)C(C)(C)O4)ccc2-3)OC1(C)C.[H-].[K+]. The molecule has 4 aromatic carbocycles. The summed E-state index contributed by atoms with van der Waals surface area (Å²) in [5, 5.41) is 0.